The lowest BCUT2D eigenvalue weighted by molar-refractivity contribution is -0.129. The van der Waals surface area contributed by atoms with Crippen LogP contribution in [0.15, 0.2) is 42.5 Å². The van der Waals surface area contributed by atoms with Gasteiger partial charge in [0.1, 0.15) is 4.86 Å². The molecule has 0 aliphatic carbocycles. The van der Waals surface area contributed by atoms with E-state index in [4.69, 9.17) is 17.3 Å². The molecular weight excluding hydrogens is 282 g/mol. The van der Waals surface area contributed by atoms with Gasteiger partial charge in [-0.2, -0.15) is 0 Å². The number of benzene rings is 2. The summed E-state index contributed by atoms with van der Waals surface area (Å²) < 4.78 is 2.25. The fraction of sp³-hybridized carbons (Fsp3) is 0.176. The minimum atomic E-state index is -1.01. The minimum Gasteiger partial charge on any atom is -0.477 e. The number of nitrogens with zero attached hydrogens (tertiary/aromatic N) is 1. The molecule has 3 rings (SSSR count). The Bertz CT molecular complexity index is 864. The van der Waals surface area contributed by atoms with Crippen molar-refractivity contribution in [1.82, 2.24) is 4.57 Å². The minimum absolute atomic E-state index is 0.0495. The fourth-order valence-corrected chi connectivity index (χ4v) is 2.97. The Morgan fingerprint density at radius 3 is 2.57 bits per heavy atom. The smallest absolute Gasteiger partial charge is 0.342 e. The number of aliphatic carboxylic acids is 1. The van der Waals surface area contributed by atoms with Gasteiger partial charge in [-0.15, -0.1) is 0 Å². The Labute approximate surface area is 127 Å². The first kappa shape index (κ1) is 13.8. The maximum absolute atomic E-state index is 10.9. The molecule has 3 nitrogen and oxygen atoms in total. The number of carboxylic acid groups (broad SMARTS) is 1. The molecule has 0 aliphatic heterocycles. The molecular formula is C17H15NO2S. The average Bonchev–Trinajstić information content (AvgIpc) is 2.80. The Morgan fingerprint density at radius 2 is 1.86 bits per heavy atom. The summed E-state index contributed by atoms with van der Waals surface area (Å²) in [4.78, 5) is 10.9. The van der Waals surface area contributed by atoms with Gasteiger partial charge in [-0.3, -0.25) is 0 Å². The second-order valence-electron chi connectivity index (χ2n) is 5.02. The number of aromatic nitrogens is 1. The third-order valence-corrected chi connectivity index (χ3v) is 4.08. The number of rotatable bonds is 4. The largest absolute Gasteiger partial charge is 0.477 e. The number of thiocarbonyl (C=S) groups is 1. The third-order valence-electron chi connectivity index (χ3n) is 3.76. The van der Waals surface area contributed by atoms with E-state index in [1.165, 1.54) is 16.3 Å². The van der Waals surface area contributed by atoms with Gasteiger partial charge in [-0.05, 0) is 24.6 Å². The van der Waals surface area contributed by atoms with Crippen molar-refractivity contribution in [2.24, 2.45) is 0 Å². The Balaban J connectivity index is 2.19. The fourth-order valence-electron chi connectivity index (χ4n) is 2.81. The summed E-state index contributed by atoms with van der Waals surface area (Å²) in [7, 11) is 0. The van der Waals surface area contributed by atoms with E-state index >= 15 is 0 Å². The van der Waals surface area contributed by atoms with E-state index in [0.29, 0.717) is 6.42 Å². The van der Waals surface area contributed by atoms with Gasteiger partial charge in [0.2, 0.25) is 0 Å². The van der Waals surface area contributed by atoms with Crippen LogP contribution in [0.3, 0.4) is 0 Å². The van der Waals surface area contributed by atoms with Crippen LogP contribution >= 0.6 is 12.2 Å². The predicted octanol–water partition coefficient (Wildman–Crippen LogP) is 3.81. The molecule has 0 saturated carbocycles. The molecule has 3 aromatic rings. The van der Waals surface area contributed by atoms with E-state index in [2.05, 4.69) is 29.7 Å². The van der Waals surface area contributed by atoms with Gasteiger partial charge in [-0.25, -0.2) is 4.79 Å². The molecule has 0 spiro atoms. The molecule has 0 aliphatic rings. The molecule has 0 radical (unpaired) electrons. The van der Waals surface area contributed by atoms with Crippen LogP contribution in [-0.2, 0) is 17.8 Å². The topological polar surface area (TPSA) is 42.2 Å². The zero-order valence-corrected chi connectivity index (χ0v) is 12.5. The first-order chi connectivity index (χ1) is 10.1. The molecule has 1 N–H and O–H groups in total. The van der Waals surface area contributed by atoms with Gasteiger partial charge < -0.3 is 9.67 Å². The summed E-state index contributed by atoms with van der Waals surface area (Å²) in [6, 6.07) is 14.4. The van der Waals surface area contributed by atoms with Crippen LogP contribution in [0.4, 0.5) is 0 Å². The molecule has 0 fully saturated rings. The second-order valence-corrected chi connectivity index (χ2v) is 5.51. The van der Waals surface area contributed by atoms with E-state index in [9.17, 15) is 4.79 Å². The lowest BCUT2D eigenvalue weighted by Crippen LogP contribution is -2.12. The van der Waals surface area contributed by atoms with Crippen LogP contribution < -0.4 is 0 Å². The van der Waals surface area contributed by atoms with Crippen molar-refractivity contribution in [3.8, 4) is 0 Å². The molecule has 0 amide bonds. The maximum Gasteiger partial charge on any atom is 0.342 e. The van der Waals surface area contributed by atoms with E-state index in [-0.39, 0.29) is 4.86 Å². The Kier molecular flexibility index (Phi) is 3.47. The van der Waals surface area contributed by atoms with Gasteiger partial charge in [-0.1, -0.05) is 42.5 Å². The summed E-state index contributed by atoms with van der Waals surface area (Å²) in [6.07, 6.45) is 0.297. The van der Waals surface area contributed by atoms with Crippen molar-refractivity contribution < 1.29 is 9.90 Å². The highest BCUT2D eigenvalue weighted by molar-refractivity contribution is 7.82. The van der Waals surface area contributed by atoms with Crippen molar-refractivity contribution in [3.05, 3.63) is 48.0 Å². The number of para-hydroxylation sites is 1. The lowest BCUT2D eigenvalue weighted by Gasteiger charge is -2.05. The van der Waals surface area contributed by atoms with E-state index < -0.39 is 5.97 Å². The van der Waals surface area contributed by atoms with Gasteiger partial charge in [0.15, 0.2) is 0 Å². The summed E-state index contributed by atoms with van der Waals surface area (Å²) >= 11 is 4.90. The number of hydrogen-bond donors (Lipinski definition) is 1. The number of aryl methyl sites for hydroxylation is 1. The standard InChI is InChI=1S/C17H15NO2S/c1-2-18-14-6-4-3-5-12(14)13-8-7-11(9-15(13)18)10-16(21)17(19)20/h3-9H,2,10H2,1H3,(H,19,20). The molecule has 1 heterocycles. The quantitative estimate of drug-likeness (QED) is 0.745. The third kappa shape index (κ3) is 2.32. The highest BCUT2D eigenvalue weighted by Gasteiger charge is 2.12. The molecule has 0 atom stereocenters. The van der Waals surface area contributed by atoms with E-state index in [1.807, 2.05) is 24.3 Å². The molecule has 0 saturated heterocycles. The van der Waals surface area contributed by atoms with Crippen molar-refractivity contribution in [1.29, 1.82) is 0 Å². The van der Waals surface area contributed by atoms with Gasteiger partial charge in [0.05, 0.1) is 0 Å². The highest BCUT2D eigenvalue weighted by atomic mass is 32.1. The number of carboxylic acids is 1. The average molecular weight is 297 g/mol. The Morgan fingerprint density at radius 1 is 1.14 bits per heavy atom. The van der Waals surface area contributed by atoms with Gasteiger partial charge >= 0.3 is 5.97 Å². The normalized spacial score (nSPS) is 11.1. The number of fused-ring (bicyclic) bond motifs is 3. The van der Waals surface area contributed by atoms with Crippen molar-refractivity contribution in [2.75, 3.05) is 0 Å². The van der Waals surface area contributed by atoms with E-state index in [0.717, 1.165) is 17.6 Å². The number of carbonyl (C=O) groups is 1. The molecule has 2 aromatic carbocycles. The monoisotopic (exact) mass is 297 g/mol. The summed E-state index contributed by atoms with van der Waals surface area (Å²) in [5.41, 5.74) is 3.27. The molecule has 21 heavy (non-hydrogen) atoms. The molecule has 0 unspecified atom stereocenters. The first-order valence-electron chi connectivity index (χ1n) is 6.87. The summed E-state index contributed by atoms with van der Waals surface area (Å²) in [6.45, 7) is 2.98. The second kappa shape index (κ2) is 5.30. The maximum atomic E-state index is 10.9. The SMILES string of the molecule is CCn1c2ccccc2c2ccc(CC(=S)C(=O)O)cc21. The van der Waals surface area contributed by atoms with Crippen LogP contribution in [0.2, 0.25) is 0 Å². The van der Waals surface area contributed by atoms with E-state index in [1.54, 1.807) is 0 Å². The van der Waals surface area contributed by atoms with Crippen molar-refractivity contribution >= 4 is 44.9 Å². The molecule has 1 aromatic heterocycles. The van der Waals surface area contributed by atoms with Gasteiger partial charge in [0.25, 0.3) is 0 Å². The summed E-state index contributed by atoms with van der Waals surface area (Å²) in [5, 5.41) is 11.3. The van der Waals surface area contributed by atoms with Crippen LogP contribution in [0, 0.1) is 0 Å². The first-order valence-corrected chi connectivity index (χ1v) is 7.28. The Hall–Kier alpha value is -2.20. The van der Waals surface area contributed by atoms with Crippen LogP contribution in [0.25, 0.3) is 21.8 Å². The number of hydrogen-bond acceptors (Lipinski definition) is 2. The predicted molar refractivity (Wildman–Crippen MR) is 89.1 cm³/mol. The van der Waals surface area contributed by atoms with Crippen molar-refractivity contribution in [3.63, 3.8) is 0 Å². The van der Waals surface area contributed by atoms with Crippen LogP contribution in [-0.4, -0.2) is 20.5 Å². The van der Waals surface area contributed by atoms with Crippen molar-refractivity contribution in [2.45, 2.75) is 19.9 Å². The highest BCUT2D eigenvalue weighted by Crippen LogP contribution is 2.29. The van der Waals surface area contributed by atoms with Crippen LogP contribution in [0.5, 0.6) is 0 Å². The zero-order valence-electron chi connectivity index (χ0n) is 11.7. The van der Waals surface area contributed by atoms with Gasteiger partial charge in [0, 0.05) is 34.8 Å². The lowest BCUT2D eigenvalue weighted by atomic mass is 10.1. The molecule has 0 bridgehead atoms. The van der Waals surface area contributed by atoms with Crippen LogP contribution in [0.1, 0.15) is 12.5 Å². The summed E-state index contributed by atoms with van der Waals surface area (Å²) in [5.74, 6) is -1.01. The molecule has 106 valence electrons. The molecule has 4 heteroatoms. The zero-order chi connectivity index (χ0) is 15.0.